The van der Waals surface area contributed by atoms with Gasteiger partial charge in [-0.05, 0) is 53.4 Å². The maximum Gasteiger partial charge on any atom is 0.165 e. The molecule has 1 unspecified atom stereocenters. The van der Waals surface area contributed by atoms with Crippen LogP contribution in [0, 0.1) is 5.82 Å². The molecule has 1 atom stereocenters. The van der Waals surface area contributed by atoms with Gasteiger partial charge in [0.25, 0.3) is 0 Å². The smallest absolute Gasteiger partial charge is 0.165 e. The van der Waals surface area contributed by atoms with Crippen LogP contribution in [-0.2, 0) is 13.0 Å². The van der Waals surface area contributed by atoms with Gasteiger partial charge in [-0.25, -0.2) is 4.39 Å². The van der Waals surface area contributed by atoms with Gasteiger partial charge in [-0.2, -0.15) is 11.3 Å². The number of rotatable bonds is 5. The molecule has 96 valence electrons. The lowest BCUT2D eigenvalue weighted by molar-refractivity contribution is 0.431. The lowest BCUT2D eigenvalue weighted by atomic mass is 10.1. The maximum absolute atomic E-state index is 13.1. The van der Waals surface area contributed by atoms with E-state index in [0.717, 1.165) is 12.0 Å². The normalized spacial score (nSPS) is 12.6. The lowest BCUT2D eigenvalue weighted by Gasteiger charge is -2.13. The van der Waals surface area contributed by atoms with Crippen LogP contribution < -0.4 is 5.32 Å². The van der Waals surface area contributed by atoms with Crippen LogP contribution in [0.3, 0.4) is 0 Å². The molecule has 0 aliphatic carbocycles. The second-order valence-corrected chi connectivity index (χ2v) is 5.18. The average Bonchev–Trinajstić information content (AvgIpc) is 2.83. The number of nitrogens with one attached hydrogen (secondary N) is 1. The summed E-state index contributed by atoms with van der Waals surface area (Å²) in [6.45, 7) is 2.71. The van der Waals surface area contributed by atoms with Gasteiger partial charge in [0.05, 0.1) is 0 Å². The molecular formula is C14H16FNOS. The van der Waals surface area contributed by atoms with Gasteiger partial charge in [-0.15, -0.1) is 0 Å². The zero-order valence-electron chi connectivity index (χ0n) is 10.2. The van der Waals surface area contributed by atoms with Gasteiger partial charge in [0.15, 0.2) is 11.6 Å². The van der Waals surface area contributed by atoms with Crippen LogP contribution in [0.2, 0.25) is 0 Å². The maximum atomic E-state index is 13.1. The Balaban J connectivity index is 1.85. The van der Waals surface area contributed by atoms with E-state index < -0.39 is 5.82 Å². The third-order valence-corrected chi connectivity index (χ3v) is 3.52. The molecule has 0 radical (unpaired) electrons. The average molecular weight is 265 g/mol. The molecule has 2 rings (SSSR count). The first-order valence-electron chi connectivity index (χ1n) is 5.87. The molecular weight excluding hydrogens is 249 g/mol. The summed E-state index contributed by atoms with van der Waals surface area (Å²) in [6, 6.07) is 6.91. The van der Waals surface area contributed by atoms with E-state index in [1.807, 2.05) is 0 Å². The van der Waals surface area contributed by atoms with Crippen LogP contribution >= 0.6 is 11.3 Å². The van der Waals surface area contributed by atoms with Crippen molar-refractivity contribution in [3.63, 3.8) is 0 Å². The van der Waals surface area contributed by atoms with Crippen molar-refractivity contribution in [2.75, 3.05) is 0 Å². The van der Waals surface area contributed by atoms with Crippen LogP contribution in [-0.4, -0.2) is 11.1 Å². The number of hydrogen-bond donors (Lipinski definition) is 2. The lowest BCUT2D eigenvalue weighted by Crippen LogP contribution is -2.27. The topological polar surface area (TPSA) is 32.3 Å². The summed E-state index contributed by atoms with van der Waals surface area (Å²) in [4.78, 5) is 0. The number of aromatic hydroxyl groups is 1. The Kier molecular flexibility index (Phi) is 4.33. The fourth-order valence-electron chi connectivity index (χ4n) is 1.79. The summed E-state index contributed by atoms with van der Waals surface area (Å²) < 4.78 is 13.1. The highest BCUT2D eigenvalue weighted by Crippen LogP contribution is 2.16. The van der Waals surface area contributed by atoms with Crippen molar-refractivity contribution < 1.29 is 9.50 Å². The molecule has 0 bridgehead atoms. The second kappa shape index (κ2) is 5.98. The highest BCUT2D eigenvalue weighted by atomic mass is 32.1. The van der Waals surface area contributed by atoms with E-state index in [4.69, 9.17) is 5.11 Å². The molecule has 4 heteroatoms. The summed E-state index contributed by atoms with van der Waals surface area (Å²) in [5.74, 6) is -0.871. The first kappa shape index (κ1) is 13.1. The van der Waals surface area contributed by atoms with Gasteiger partial charge in [-0.1, -0.05) is 6.07 Å². The summed E-state index contributed by atoms with van der Waals surface area (Å²) >= 11 is 1.69. The molecule has 1 heterocycles. The van der Waals surface area contributed by atoms with Crippen LogP contribution in [0.25, 0.3) is 0 Å². The Bertz CT molecular complexity index is 499. The predicted octanol–water partition coefficient (Wildman–Crippen LogP) is 3.31. The number of phenols is 1. The number of phenolic OH excluding ortho intramolecular Hbond substituents is 1. The monoisotopic (exact) mass is 265 g/mol. The Labute approximate surface area is 110 Å². The molecule has 0 saturated carbocycles. The van der Waals surface area contributed by atoms with Gasteiger partial charge in [0.2, 0.25) is 0 Å². The molecule has 0 fully saturated rings. The van der Waals surface area contributed by atoms with Gasteiger partial charge in [-0.3, -0.25) is 0 Å². The molecule has 0 amide bonds. The van der Waals surface area contributed by atoms with E-state index >= 15 is 0 Å². The van der Waals surface area contributed by atoms with E-state index in [1.165, 1.54) is 17.7 Å². The summed E-state index contributed by atoms with van der Waals surface area (Å²) in [6.07, 6.45) is 0.962. The number of halogens is 1. The second-order valence-electron chi connectivity index (χ2n) is 4.40. The van der Waals surface area contributed by atoms with Crippen LogP contribution in [0.5, 0.6) is 5.75 Å². The van der Waals surface area contributed by atoms with Gasteiger partial charge in [0.1, 0.15) is 0 Å². The zero-order chi connectivity index (χ0) is 13.0. The zero-order valence-corrected chi connectivity index (χ0v) is 11.0. The first-order chi connectivity index (χ1) is 8.65. The third kappa shape index (κ3) is 3.55. The predicted molar refractivity (Wildman–Crippen MR) is 72.4 cm³/mol. The molecule has 0 spiro atoms. The minimum atomic E-state index is -0.570. The molecule has 2 aromatic rings. The Morgan fingerprint density at radius 2 is 2.17 bits per heavy atom. The van der Waals surface area contributed by atoms with Crippen molar-refractivity contribution in [2.24, 2.45) is 0 Å². The molecule has 1 aromatic heterocycles. The van der Waals surface area contributed by atoms with Crippen LogP contribution in [0.1, 0.15) is 18.1 Å². The SMILES string of the molecule is CC(Cc1ccsc1)NCc1ccc(O)c(F)c1. The highest BCUT2D eigenvalue weighted by Gasteiger charge is 2.05. The number of hydrogen-bond acceptors (Lipinski definition) is 3. The van der Waals surface area contributed by atoms with Crippen molar-refractivity contribution in [2.45, 2.75) is 25.9 Å². The van der Waals surface area contributed by atoms with Crippen molar-refractivity contribution in [3.8, 4) is 5.75 Å². The van der Waals surface area contributed by atoms with Crippen molar-refractivity contribution in [3.05, 3.63) is 52.0 Å². The van der Waals surface area contributed by atoms with E-state index in [1.54, 1.807) is 17.4 Å². The van der Waals surface area contributed by atoms with Crippen LogP contribution in [0.4, 0.5) is 4.39 Å². The van der Waals surface area contributed by atoms with Gasteiger partial charge in [0, 0.05) is 12.6 Å². The van der Waals surface area contributed by atoms with Crippen LogP contribution in [0.15, 0.2) is 35.0 Å². The van der Waals surface area contributed by atoms with E-state index in [0.29, 0.717) is 12.6 Å². The molecule has 0 aliphatic rings. The largest absolute Gasteiger partial charge is 0.505 e. The fraction of sp³-hybridized carbons (Fsp3) is 0.286. The van der Waals surface area contributed by atoms with Gasteiger partial charge >= 0.3 is 0 Å². The fourth-order valence-corrected chi connectivity index (χ4v) is 2.47. The molecule has 2 nitrogen and oxygen atoms in total. The molecule has 0 saturated heterocycles. The molecule has 2 N–H and O–H groups in total. The minimum absolute atomic E-state index is 0.301. The Morgan fingerprint density at radius 3 is 2.83 bits per heavy atom. The first-order valence-corrected chi connectivity index (χ1v) is 6.81. The van der Waals surface area contributed by atoms with Gasteiger partial charge < -0.3 is 10.4 Å². The summed E-state index contributed by atoms with van der Waals surface area (Å²) in [5.41, 5.74) is 2.15. The van der Waals surface area contributed by atoms with Crippen molar-refractivity contribution in [1.82, 2.24) is 5.32 Å². The standard InChI is InChI=1S/C14H16FNOS/c1-10(6-12-4-5-18-9-12)16-8-11-2-3-14(17)13(15)7-11/h2-5,7,9-10,16-17H,6,8H2,1H3. The molecule has 0 aliphatic heterocycles. The van der Waals surface area contributed by atoms with Crippen molar-refractivity contribution in [1.29, 1.82) is 0 Å². The van der Waals surface area contributed by atoms with E-state index in [2.05, 4.69) is 29.1 Å². The third-order valence-electron chi connectivity index (χ3n) is 2.79. The summed E-state index contributed by atoms with van der Waals surface area (Å²) in [5, 5.41) is 16.6. The Morgan fingerprint density at radius 1 is 1.33 bits per heavy atom. The van der Waals surface area contributed by atoms with E-state index in [9.17, 15) is 4.39 Å². The minimum Gasteiger partial charge on any atom is -0.505 e. The van der Waals surface area contributed by atoms with E-state index in [-0.39, 0.29) is 5.75 Å². The van der Waals surface area contributed by atoms with Crippen molar-refractivity contribution >= 4 is 11.3 Å². The quantitative estimate of drug-likeness (QED) is 0.869. The summed E-state index contributed by atoms with van der Waals surface area (Å²) in [7, 11) is 0. The Hall–Kier alpha value is -1.39. The highest BCUT2D eigenvalue weighted by molar-refractivity contribution is 7.07. The molecule has 18 heavy (non-hydrogen) atoms. The number of benzene rings is 1. The molecule has 1 aromatic carbocycles. The number of thiophene rings is 1.